The Morgan fingerprint density at radius 3 is 1.80 bits per heavy atom. The Morgan fingerprint density at radius 1 is 0.409 bits per heavy atom. The molecule has 4 nitrogen and oxygen atoms in total. The predicted octanol–water partition coefficient (Wildman–Crippen LogP) is 10.4. The van der Waals surface area contributed by atoms with E-state index in [4.69, 9.17) is 19.4 Å². The zero-order valence-electron chi connectivity index (χ0n) is 24.1. The smallest absolute Gasteiger partial charge is 0.164 e. The molecule has 4 heteroatoms. The van der Waals surface area contributed by atoms with Gasteiger partial charge in [0.25, 0.3) is 0 Å². The number of benzene rings is 6. The quantitative estimate of drug-likeness (QED) is 0.208. The Balaban J connectivity index is 1.32. The van der Waals surface area contributed by atoms with Crippen LogP contribution < -0.4 is 0 Å². The topological polar surface area (TPSA) is 51.8 Å². The molecule has 0 spiro atoms. The molecule has 0 radical (unpaired) electrons. The van der Waals surface area contributed by atoms with E-state index in [0.717, 1.165) is 60.9 Å². The number of fused-ring (bicyclic) bond motifs is 3. The summed E-state index contributed by atoms with van der Waals surface area (Å²) in [6, 6.07) is 49.8. The summed E-state index contributed by atoms with van der Waals surface area (Å²) < 4.78 is 6.42. The van der Waals surface area contributed by atoms with Crippen LogP contribution in [-0.4, -0.2) is 15.0 Å². The van der Waals surface area contributed by atoms with Gasteiger partial charge in [-0.15, -0.1) is 0 Å². The van der Waals surface area contributed by atoms with Crippen LogP contribution in [-0.2, 0) is 0 Å². The SMILES string of the molecule is Cc1cccc(-c2ccccc2-c2nc(-c3ccccc3)nc(-c3ccc4c(c3)oc3cccc(-c5ccccc5)c34)n2)c1. The molecule has 0 aliphatic heterocycles. The summed E-state index contributed by atoms with van der Waals surface area (Å²) in [5.41, 5.74) is 10.1. The molecule has 2 heterocycles. The summed E-state index contributed by atoms with van der Waals surface area (Å²) >= 11 is 0. The van der Waals surface area contributed by atoms with E-state index >= 15 is 0 Å². The van der Waals surface area contributed by atoms with Crippen LogP contribution in [0.1, 0.15) is 5.56 Å². The molecule has 2 aromatic heterocycles. The van der Waals surface area contributed by atoms with Crippen molar-refractivity contribution < 1.29 is 4.42 Å². The summed E-state index contributed by atoms with van der Waals surface area (Å²) in [6.07, 6.45) is 0. The molecule has 0 N–H and O–H groups in total. The van der Waals surface area contributed by atoms with Gasteiger partial charge in [0.05, 0.1) is 0 Å². The Hall–Kier alpha value is -5.87. The Morgan fingerprint density at radius 2 is 1.02 bits per heavy atom. The van der Waals surface area contributed by atoms with Crippen molar-refractivity contribution in [2.75, 3.05) is 0 Å². The van der Waals surface area contributed by atoms with E-state index in [1.807, 2.05) is 60.7 Å². The van der Waals surface area contributed by atoms with E-state index in [-0.39, 0.29) is 0 Å². The summed E-state index contributed by atoms with van der Waals surface area (Å²) in [5, 5.41) is 2.17. The van der Waals surface area contributed by atoms with Crippen molar-refractivity contribution >= 4 is 21.9 Å². The fourth-order valence-electron chi connectivity index (χ4n) is 5.91. The van der Waals surface area contributed by atoms with Gasteiger partial charge in [0, 0.05) is 27.5 Å². The molecule has 0 aliphatic rings. The lowest BCUT2D eigenvalue weighted by Gasteiger charge is -2.12. The fourth-order valence-corrected chi connectivity index (χ4v) is 5.91. The number of rotatable bonds is 5. The molecule has 8 rings (SSSR count). The number of furan rings is 1. The molecule has 0 bridgehead atoms. The maximum Gasteiger partial charge on any atom is 0.164 e. The summed E-state index contributed by atoms with van der Waals surface area (Å²) in [4.78, 5) is 15.1. The van der Waals surface area contributed by atoms with E-state index in [0.29, 0.717) is 17.5 Å². The van der Waals surface area contributed by atoms with Crippen LogP contribution >= 0.6 is 0 Å². The highest BCUT2D eigenvalue weighted by atomic mass is 16.3. The molecule has 0 atom stereocenters. The highest BCUT2D eigenvalue weighted by molar-refractivity contribution is 6.13. The first-order valence-electron chi connectivity index (χ1n) is 14.7. The largest absolute Gasteiger partial charge is 0.456 e. The van der Waals surface area contributed by atoms with Crippen LogP contribution in [0.2, 0.25) is 0 Å². The summed E-state index contributed by atoms with van der Waals surface area (Å²) in [7, 11) is 0. The van der Waals surface area contributed by atoms with E-state index < -0.39 is 0 Å². The van der Waals surface area contributed by atoms with Crippen LogP contribution in [0.15, 0.2) is 150 Å². The molecule has 0 fully saturated rings. The second-order valence-electron chi connectivity index (χ2n) is 10.9. The Bertz CT molecular complexity index is 2290. The van der Waals surface area contributed by atoms with Crippen LogP contribution in [0.4, 0.5) is 0 Å². The van der Waals surface area contributed by atoms with Gasteiger partial charge in [-0.1, -0.05) is 133 Å². The van der Waals surface area contributed by atoms with E-state index in [2.05, 4.69) is 91.9 Å². The zero-order chi connectivity index (χ0) is 29.5. The van der Waals surface area contributed by atoms with E-state index in [1.165, 1.54) is 5.56 Å². The number of nitrogens with zero attached hydrogens (tertiary/aromatic N) is 3. The third-order valence-corrected chi connectivity index (χ3v) is 8.00. The van der Waals surface area contributed by atoms with Gasteiger partial charge in [-0.25, -0.2) is 15.0 Å². The lowest BCUT2D eigenvalue weighted by atomic mass is 9.97. The minimum atomic E-state index is 0.596. The average molecular weight is 566 g/mol. The van der Waals surface area contributed by atoms with Gasteiger partial charge in [-0.05, 0) is 47.4 Å². The molecular formula is C40H27N3O. The second-order valence-corrected chi connectivity index (χ2v) is 10.9. The predicted molar refractivity (Wildman–Crippen MR) is 179 cm³/mol. The van der Waals surface area contributed by atoms with Gasteiger partial charge in [-0.3, -0.25) is 0 Å². The Kier molecular flexibility index (Phi) is 6.31. The van der Waals surface area contributed by atoms with Gasteiger partial charge < -0.3 is 4.42 Å². The molecule has 0 saturated heterocycles. The van der Waals surface area contributed by atoms with Crippen molar-refractivity contribution in [1.82, 2.24) is 15.0 Å². The summed E-state index contributed by atoms with van der Waals surface area (Å²) in [5.74, 6) is 1.85. The molecule has 208 valence electrons. The van der Waals surface area contributed by atoms with E-state index in [1.54, 1.807) is 0 Å². The highest BCUT2D eigenvalue weighted by Gasteiger charge is 2.18. The highest BCUT2D eigenvalue weighted by Crippen LogP contribution is 2.38. The number of hydrogen-bond donors (Lipinski definition) is 0. The lowest BCUT2D eigenvalue weighted by Crippen LogP contribution is -2.01. The molecule has 0 saturated carbocycles. The molecule has 0 unspecified atom stereocenters. The maximum atomic E-state index is 6.42. The Labute approximate surface area is 255 Å². The molecule has 8 aromatic rings. The van der Waals surface area contributed by atoms with Crippen LogP contribution in [0.5, 0.6) is 0 Å². The first-order valence-corrected chi connectivity index (χ1v) is 14.7. The number of hydrogen-bond acceptors (Lipinski definition) is 4. The van der Waals surface area contributed by atoms with Crippen molar-refractivity contribution in [3.63, 3.8) is 0 Å². The van der Waals surface area contributed by atoms with Crippen LogP contribution in [0, 0.1) is 6.92 Å². The average Bonchev–Trinajstić information content (AvgIpc) is 3.47. The third-order valence-electron chi connectivity index (χ3n) is 8.00. The van der Waals surface area contributed by atoms with Crippen LogP contribution in [0.3, 0.4) is 0 Å². The standard InChI is InChI=1S/C40H27N3O/c1-26-12-10-17-29(24-26)31-18-8-9-19-33(31)40-42-38(28-15-6-3-7-16-28)41-39(43-40)30-22-23-34-36(25-30)44-35-21-11-20-32(37(34)35)27-13-4-2-5-14-27/h2-25H,1H3. The van der Waals surface area contributed by atoms with Crippen molar-refractivity contribution in [2.24, 2.45) is 0 Å². The normalized spacial score (nSPS) is 11.3. The second kappa shape index (κ2) is 10.8. The molecule has 44 heavy (non-hydrogen) atoms. The minimum absolute atomic E-state index is 0.596. The van der Waals surface area contributed by atoms with Crippen molar-refractivity contribution in [1.29, 1.82) is 0 Å². The van der Waals surface area contributed by atoms with Crippen molar-refractivity contribution in [3.05, 3.63) is 151 Å². The van der Waals surface area contributed by atoms with E-state index in [9.17, 15) is 0 Å². The maximum absolute atomic E-state index is 6.42. The third kappa shape index (κ3) is 4.63. The minimum Gasteiger partial charge on any atom is -0.456 e. The number of aromatic nitrogens is 3. The monoisotopic (exact) mass is 565 g/mol. The molecule has 6 aromatic carbocycles. The first-order chi connectivity index (χ1) is 21.7. The molecule has 0 amide bonds. The van der Waals surface area contributed by atoms with Gasteiger partial charge in [0.2, 0.25) is 0 Å². The molecule has 0 aliphatic carbocycles. The van der Waals surface area contributed by atoms with Gasteiger partial charge in [0.15, 0.2) is 17.5 Å². The first kappa shape index (κ1) is 25.8. The van der Waals surface area contributed by atoms with Gasteiger partial charge in [-0.2, -0.15) is 0 Å². The molecular weight excluding hydrogens is 538 g/mol. The van der Waals surface area contributed by atoms with Crippen molar-refractivity contribution in [3.8, 4) is 56.4 Å². The van der Waals surface area contributed by atoms with Gasteiger partial charge >= 0.3 is 0 Å². The lowest BCUT2D eigenvalue weighted by molar-refractivity contribution is 0.669. The van der Waals surface area contributed by atoms with Crippen LogP contribution in [0.25, 0.3) is 78.4 Å². The fraction of sp³-hybridized carbons (Fsp3) is 0.0250. The number of aryl methyl sites for hydroxylation is 1. The van der Waals surface area contributed by atoms with Crippen molar-refractivity contribution in [2.45, 2.75) is 6.92 Å². The zero-order valence-corrected chi connectivity index (χ0v) is 24.1. The summed E-state index contributed by atoms with van der Waals surface area (Å²) in [6.45, 7) is 2.11. The van der Waals surface area contributed by atoms with Gasteiger partial charge in [0.1, 0.15) is 11.2 Å².